The van der Waals surface area contributed by atoms with Gasteiger partial charge in [0.15, 0.2) is 5.11 Å². The van der Waals surface area contributed by atoms with Crippen LogP contribution in [0.5, 0.6) is 5.75 Å². The van der Waals surface area contributed by atoms with Gasteiger partial charge in [-0.3, -0.25) is 19.8 Å². The average Bonchev–Trinajstić information content (AvgIpc) is 2.84. The van der Waals surface area contributed by atoms with Crippen LogP contribution in [0.2, 0.25) is 10.0 Å². The second kappa shape index (κ2) is 11.4. The van der Waals surface area contributed by atoms with Crippen LogP contribution in [0.1, 0.15) is 16.7 Å². The summed E-state index contributed by atoms with van der Waals surface area (Å²) in [6.07, 6.45) is 1.49. The quantitative estimate of drug-likeness (QED) is 0.139. The number of nitrogens with one attached hydrogen (secondary N) is 1. The molecule has 2 amide bonds. The topological polar surface area (TPSA) is 82.4 Å². The predicted molar refractivity (Wildman–Crippen MR) is 160 cm³/mol. The lowest BCUT2D eigenvalue weighted by Gasteiger charge is -2.29. The highest BCUT2D eigenvalue weighted by Gasteiger charge is 2.35. The first kappa shape index (κ1) is 26.8. The number of carbonyl (C=O) groups is 2. The summed E-state index contributed by atoms with van der Waals surface area (Å²) >= 11 is 21.9. The maximum atomic E-state index is 13.3. The molecule has 1 saturated heterocycles. The Morgan fingerprint density at radius 1 is 1.08 bits per heavy atom. The molecule has 36 heavy (non-hydrogen) atoms. The molecule has 1 heterocycles. The van der Waals surface area contributed by atoms with E-state index in [-0.39, 0.29) is 33.0 Å². The van der Waals surface area contributed by atoms with Gasteiger partial charge in [0.05, 0.1) is 34.5 Å². The zero-order valence-electron chi connectivity index (χ0n) is 18.0. The lowest BCUT2D eigenvalue weighted by Crippen LogP contribution is -2.54. The van der Waals surface area contributed by atoms with Crippen LogP contribution in [0.3, 0.4) is 0 Å². The molecule has 6 nitrogen and oxygen atoms in total. The fraction of sp³-hybridized carbons (Fsp3) is 0.0400. The van der Waals surface area contributed by atoms with Crippen molar-refractivity contribution in [3.8, 4) is 11.8 Å². The van der Waals surface area contributed by atoms with Gasteiger partial charge in [0, 0.05) is 5.56 Å². The summed E-state index contributed by atoms with van der Waals surface area (Å²) in [5.41, 5.74) is 2.11. The highest BCUT2D eigenvalue weighted by atomic mass is 127. The third kappa shape index (κ3) is 5.52. The summed E-state index contributed by atoms with van der Waals surface area (Å²) in [6.45, 7) is 0.226. The van der Waals surface area contributed by atoms with Crippen molar-refractivity contribution in [2.24, 2.45) is 0 Å². The van der Waals surface area contributed by atoms with Gasteiger partial charge < -0.3 is 4.74 Å². The third-order valence-electron chi connectivity index (χ3n) is 5.12. The fourth-order valence-corrected chi connectivity index (χ4v) is 6.20. The lowest BCUT2D eigenvalue weighted by atomic mass is 10.1. The van der Waals surface area contributed by atoms with Gasteiger partial charge in [-0.2, -0.15) is 5.26 Å². The largest absolute Gasteiger partial charge is 0.487 e. The Morgan fingerprint density at radius 2 is 1.78 bits per heavy atom. The zero-order chi connectivity index (χ0) is 26.0. The van der Waals surface area contributed by atoms with Gasteiger partial charge in [-0.1, -0.05) is 47.5 Å². The van der Waals surface area contributed by atoms with E-state index in [1.54, 1.807) is 42.5 Å². The van der Waals surface area contributed by atoms with E-state index in [0.717, 1.165) is 17.6 Å². The molecule has 0 spiro atoms. The number of carbonyl (C=O) groups excluding carboxylic acids is 2. The Labute approximate surface area is 249 Å². The normalized spacial score (nSPS) is 14.6. The van der Waals surface area contributed by atoms with Crippen molar-refractivity contribution in [3.05, 3.63) is 94.0 Å². The average molecular weight is 760 g/mol. The van der Waals surface area contributed by atoms with Crippen LogP contribution in [0, 0.1) is 18.5 Å². The van der Waals surface area contributed by atoms with Crippen LogP contribution in [-0.4, -0.2) is 16.9 Å². The van der Waals surface area contributed by atoms with E-state index in [1.165, 1.54) is 6.08 Å². The summed E-state index contributed by atoms with van der Waals surface area (Å²) < 4.78 is 7.56. The van der Waals surface area contributed by atoms with Gasteiger partial charge in [0.25, 0.3) is 11.8 Å². The molecule has 1 aliphatic heterocycles. The summed E-state index contributed by atoms with van der Waals surface area (Å²) in [6, 6.07) is 17.8. The Bertz CT molecular complexity index is 1480. The first-order valence-corrected chi connectivity index (χ1v) is 13.5. The number of anilines is 1. The minimum absolute atomic E-state index is 0.0862. The molecule has 0 aliphatic carbocycles. The smallest absolute Gasteiger partial charge is 0.270 e. The predicted octanol–water partition coefficient (Wildman–Crippen LogP) is 6.48. The number of hydrogen-bond acceptors (Lipinski definition) is 5. The SMILES string of the molecule is N#Cc1ccccc1COc1c(I)cc(/C=C2\C(=O)NC(=S)N(c3cccc(Cl)c3Cl)C2=O)cc1I. The van der Waals surface area contributed by atoms with Gasteiger partial charge in [-0.25, -0.2) is 0 Å². The molecule has 1 fully saturated rings. The molecule has 0 aromatic heterocycles. The minimum Gasteiger partial charge on any atom is -0.487 e. The minimum atomic E-state index is -0.619. The molecular formula is C25H13Cl2I2N3O3S. The maximum Gasteiger partial charge on any atom is 0.270 e. The van der Waals surface area contributed by atoms with Crippen molar-refractivity contribution in [3.63, 3.8) is 0 Å². The van der Waals surface area contributed by atoms with E-state index in [0.29, 0.717) is 16.9 Å². The number of halogens is 4. The van der Waals surface area contributed by atoms with Crippen molar-refractivity contribution >= 4 is 109 Å². The number of rotatable bonds is 5. The molecule has 4 rings (SSSR count). The number of thiocarbonyl (C=S) groups is 1. The lowest BCUT2D eigenvalue weighted by molar-refractivity contribution is -0.122. The van der Waals surface area contributed by atoms with Crippen LogP contribution in [-0.2, 0) is 16.2 Å². The van der Waals surface area contributed by atoms with Crippen LogP contribution < -0.4 is 15.0 Å². The monoisotopic (exact) mass is 759 g/mol. The molecule has 1 N–H and O–H groups in total. The molecule has 0 atom stereocenters. The summed E-state index contributed by atoms with van der Waals surface area (Å²) in [4.78, 5) is 27.2. The number of nitrogens with zero attached hydrogens (tertiary/aromatic N) is 2. The van der Waals surface area contributed by atoms with Crippen molar-refractivity contribution in [2.45, 2.75) is 6.61 Å². The second-order valence-electron chi connectivity index (χ2n) is 7.40. The highest BCUT2D eigenvalue weighted by Crippen LogP contribution is 2.35. The summed E-state index contributed by atoms with van der Waals surface area (Å²) in [5.74, 6) is -0.594. The van der Waals surface area contributed by atoms with E-state index >= 15 is 0 Å². The summed E-state index contributed by atoms with van der Waals surface area (Å²) in [7, 11) is 0. The van der Waals surface area contributed by atoms with Crippen molar-refractivity contribution in [1.29, 1.82) is 5.26 Å². The number of benzene rings is 3. The van der Waals surface area contributed by atoms with Crippen LogP contribution in [0.4, 0.5) is 5.69 Å². The first-order valence-electron chi connectivity index (χ1n) is 10.2. The van der Waals surface area contributed by atoms with Gasteiger partial charge in [-0.05, 0) is 99.4 Å². The zero-order valence-corrected chi connectivity index (χ0v) is 24.7. The maximum absolute atomic E-state index is 13.3. The highest BCUT2D eigenvalue weighted by molar-refractivity contribution is 14.1. The number of amides is 2. The molecule has 3 aromatic carbocycles. The van der Waals surface area contributed by atoms with Gasteiger partial charge >= 0.3 is 0 Å². The van der Waals surface area contributed by atoms with Gasteiger partial charge in [0.2, 0.25) is 0 Å². The standard InChI is InChI=1S/C25H13Cl2I2N3O3S/c26-17-6-3-7-20(21(17)27)32-24(34)16(23(33)31-25(32)36)8-13-9-18(28)22(19(29)10-13)35-12-15-5-2-1-4-14(15)11-30/h1-10H,12H2,(H,31,33,36)/b16-8+. The molecule has 11 heteroatoms. The molecule has 0 bridgehead atoms. The number of ether oxygens (including phenoxy) is 1. The summed E-state index contributed by atoms with van der Waals surface area (Å²) in [5, 5.41) is 12.1. The van der Waals surface area contributed by atoms with Crippen LogP contribution in [0.15, 0.2) is 60.2 Å². The molecule has 180 valence electrons. The van der Waals surface area contributed by atoms with Crippen molar-refractivity contribution < 1.29 is 14.3 Å². The Morgan fingerprint density at radius 3 is 2.47 bits per heavy atom. The fourth-order valence-electron chi connectivity index (χ4n) is 3.41. The second-order valence-corrected chi connectivity index (χ2v) is 10.9. The molecule has 1 aliphatic rings. The number of nitriles is 1. The third-order valence-corrected chi connectivity index (χ3v) is 7.81. The van der Waals surface area contributed by atoms with Crippen LogP contribution >= 0.6 is 80.6 Å². The number of hydrogen-bond donors (Lipinski definition) is 1. The molecular weight excluding hydrogens is 747 g/mol. The molecule has 3 aromatic rings. The van der Waals surface area contributed by atoms with Gasteiger partial charge in [0.1, 0.15) is 17.9 Å². The molecule has 0 radical (unpaired) electrons. The Kier molecular flexibility index (Phi) is 8.52. The van der Waals surface area contributed by atoms with E-state index in [9.17, 15) is 14.9 Å². The molecule has 0 unspecified atom stereocenters. The van der Waals surface area contributed by atoms with E-state index < -0.39 is 11.8 Å². The van der Waals surface area contributed by atoms with Crippen LogP contribution in [0.25, 0.3) is 6.08 Å². The van der Waals surface area contributed by atoms with Crippen molar-refractivity contribution in [1.82, 2.24) is 5.32 Å². The van der Waals surface area contributed by atoms with E-state index in [4.69, 9.17) is 40.2 Å². The van der Waals surface area contributed by atoms with Crippen molar-refractivity contribution in [2.75, 3.05) is 4.90 Å². The Hall–Kier alpha value is -2.24. The first-order chi connectivity index (χ1) is 17.2. The molecule has 0 saturated carbocycles. The Balaban J connectivity index is 1.64. The van der Waals surface area contributed by atoms with E-state index in [2.05, 4.69) is 56.6 Å². The van der Waals surface area contributed by atoms with E-state index in [1.807, 2.05) is 12.1 Å². The van der Waals surface area contributed by atoms with Gasteiger partial charge in [-0.15, -0.1) is 0 Å².